The highest BCUT2D eigenvalue weighted by Gasteiger charge is 2.25. The van der Waals surface area contributed by atoms with Gasteiger partial charge in [0.05, 0.1) is 12.7 Å². The number of hydrazine groups is 1. The van der Waals surface area contributed by atoms with Crippen LogP contribution in [0.15, 0.2) is 0 Å². The summed E-state index contributed by atoms with van der Waals surface area (Å²) in [6.45, 7) is 2.58. The van der Waals surface area contributed by atoms with Crippen LogP contribution in [0.1, 0.15) is 32.6 Å². The summed E-state index contributed by atoms with van der Waals surface area (Å²) < 4.78 is 10.8. The highest BCUT2D eigenvalue weighted by molar-refractivity contribution is 5.36. The van der Waals surface area contributed by atoms with Crippen molar-refractivity contribution in [3.05, 3.63) is 0 Å². The van der Waals surface area contributed by atoms with E-state index in [2.05, 4.69) is 25.7 Å². The van der Waals surface area contributed by atoms with E-state index in [0.717, 1.165) is 25.7 Å². The zero-order valence-electron chi connectivity index (χ0n) is 11.9. The van der Waals surface area contributed by atoms with Crippen molar-refractivity contribution in [2.45, 2.75) is 44.8 Å². The summed E-state index contributed by atoms with van der Waals surface area (Å²) in [4.78, 5) is 12.5. The number of rotatable bonds is 7. The van der Waals surface area contributed by atoms with Gasteiger partial charge in [-0.2, -0.15) is 15.0 Å². The van der Waals surface area contributed by atoms with Gasteiger partial charge < -0.3 is 14.8 Å². The van der Waals surface area contributed by atoms with E-state index < -0.39 is 0 Å². The van der Waals surface area contributed by atoms with Gasteiger partial charge in [-0.1, -0.05) is 6.92 Å². The Morgan fingerprint density at radius 3 is 2.70 bits per heavy atom. The monoisotopic (exact) mass is 282 g/mol. The summed E-state index contributed by atoms with van der Waals surface area (Å²) >= 11 is 0. The number of nitrogens with one attached hydrogen (secondary N) is 2. The van der Waals surface area contributed by atoms with Gasteiger partial charge in [0.25, 0.3) is 0 Å². The van der Waals surface area contributed by atoms with Gasteiger partial charge in [-0.05, 0) is 25.7 Å². The Labute approximate surface area is 118 Å². The number of hydrogen-bond donors (Lipinski definition) is 3. The number of methoxy groups -OCH3 is 1. The van der Waals surface area contributed by atoms with E-state index in [-0.39, 0.29) is 12.0 Å². The lowest BCUT2D eigenvalue weighted by atomic mass is 10.2. The Balaban J connectivity index is 2.02. The fourth-order valence-electron chi connectivity index (χ4n) is 2.21. The van der Waals surface area contributed by atoms with Gasteiger partial charge in [-0.25, -0.2) is 5.84 Å². The molecular weight excluding hydrogens is 260 g/mol. The van der Waals surface area contributed by atoms with E-state index in [0.29, 0.717) is 24.7 Å². The molecule has 0 aromatic carbocycles. The second kappa shape index (κ2) is 7.20. The number of hydrogen-bond acceptors (Lipinski definition) is 8. The number of nitrogens with two attached hydrogens (primary N) is 1. The lowest BCUT2D eigenvalue weighted by molar-refractivity contribution is 0.108. The third-order valence-electron chi connectivity index (χ3n) is 3.23. The maximum absolute atomic E-state index is 5.42. The first-order valence-corrected chi connectivity index (χ1v) is 6.90. The van der Waals surface area contributed by atoms with E-state index in [4.69, 9.17) is 15.3 Å². The molecule has 20 heavy (non-hydrogen) atoms. The van der Waals surface area contributed by atoms with Gasteiger partial charge in [-0.3, -0.25) is 5.43 Å². The topological polar surface area (TPSA) is 107 Å². The van der Waals surface area contributed by atoms with E-state index in [1.807, 2.05) is 6.92 Å². The molecule has 1 aromatic heterocycles. The largest absolute Gasteiger partial charge is 0.463 e. The van der Waals surface area contributed by atoms with Crippen LogP contribution in [0.5, 0.6) is 6.01 Å². The lowest BCUT2D eigenvalue weighted by Gasteiger charge is -2.14. The summed E-state index contributed by atoms with van der Waals surface area (Å²) in [7, 11) is 1.74. The number of nitrogens with zero attached hydrogens (tertiary/aromatic N) is 3. The molecule has 2 unspecified atom stereocenters. The van der Waals surface area contributed by atoms with Crippen molar-refractivity contribution < 1.29 is 9.47 Å². The van der Waals surface area contributed by atoms with Crippen LogP contribution < -0.4 is 21.3 Å². The van der Waals surface area contributed by atoms with Crippen LogP contribution in [0.2, 0.25) is 0 Å². The molecule has 1 fully saturated rings. The van der Waals surface area contributed by atoms with Crippen LogP contribution in [-0.2, 0) is 4.74 Å². The molecule has 112 valence electrons. The van der Waals surface area contributed by atoms with E-state index in [1.165, 1.54) is 0 Å². The van der Waals surface area contributed by atoms with Gasteiger partial charge in [0.15, 0.2) is 0 Å². The van der Waals surface area contributed by atoms with Crippen molar-refractivity contribution in [2.24, 2.45) is 5.84 Å². The number of ether oxygens (including phenoxy) is 2. The zero-order valence-corrected chi connectivity index (χ0v) is 11.9. The molecule has 1 aliphatic rings. The molecule has 4 N–H and O–H groups in total. The Kier molecular flexibility index (Phi) is 5.31. The Bertz CT molecular complexity index is 430. The molecule has 1 saturated carbocycles. The maximum Gasteiger partial charge on any atom is 0.323 e. The quantitative estimate of drug-likeness (QED) is 0.500. The highest BCUT2D eigenvalue weighted by atomic mass is 16.5. The molecule has 8 heteroatoms. The smallest absolute Gasteiger partial charge is 0.323 e. The van der Waals surface area contributed by atoms with Crippen LogP contribution in [0.4, 0.5) is 11.9 Å². The molecule has 1 heterocycles. The second-order valence-corrected chi connectivity index (χ2v) is 4.77. The van der Waals surface area contributed by atoms with Crippen molar-refractivity contribution in [1.29, 1.82) is 0 Å². The van der Waals surface area contributed by atoms with Crippen molar-refractivity contribution in [1.82, 2.24) is 15.0 Å². The maximum atomic E-state index is 5.42. The number of anilines is 2. The van der Waals surface area contributed by atoms with Crippen LogP contribution in [0, 0.1) is 0 Å². The standard InChI is InChI=1S/C12H22N6O2/c1-3-6-20-12-16-10(15-11(17-12)18-13)14-8-4-5-9(7-8)19-2/h8-9H,3-7,13H2,1-2H3,(H2,14,15,16,17,18). The van der Waals surface area contributed by atoms with Gasteiger partial charge >= 0.3 is 6.01 Å². The summed E-state index contributed by atoms with van der Waals surface area (Å²) in [6, 6.07) is 0.575. The molecule has 0 spiro atoms. The van der Waals surface area contributed by atoms with Gasteiger partial charge in [0, 0.05) is 13.2 Å². The van der Waals surface area contributed by atoms with Crippen LogP contribution in [0.25, 0.3) is 0 Å². The molecular formula is C12H22N6O2. The SMILES string of the molecule is CCCOc1nc(NN)nc(NC2CCC(OC)C2)n1. The molecule has 8 nitrogen and oxygen atoms in total. The number of aromatic nitrogens is 3. The van der Waals surface area contributed by atoms with Gasteiger partial charge in [0.1, 0.15) is 0 Å². The summed E-state index contributed by atoms with van der Waals surface area (Å²) in [5.74, 6) is 6.12. The molecule has 1 aliphatic carbocycles. The van der Waals surface area contributed by atoms with Crippen molar-refractivity contribution in [3.8, 4) is 6.01 Å². The average molecular weight is 282 g/mol. The third kappa shape index (κ3) is 3.91. The average Bonchev–Trinajstić information content (AvgIpc) is 2.92. The molecule has 1 aromatic rings. The zero-order chi connectivity index (χ0) is 14.4. The van der Waals surface area contributed by atoms with Crippen molar-refractivity contribution in [2.75, 3.05) is 24.5 Å². The number of nitrogen functional groups attached to an aromatic ring is 1. The minimum Gasteiger partial charge on any atom is -0.463 e. The summed E-state index contributed by atoms with van der Waals surface area (Å²) in [5.41, 5.74) is 2.42. The minimum absolute atomic E-state index is 0.276. The van der Waals surface area contributed by atoms with Crippen molar-refractivity contribution in [3.63, 3.8) is 0 Å². The Morgan fingerprint density at radius 1 is 1.25 bits per heavy atom. The normalized spacial score (nSPS) is 21.8. The Hall–Kier alpha value is -1.67. The Morgan fingerprint density at radius 2 is 2.05 bits per heavy atom. The first-order valence-electron chi connectivity index (χ1n) is 6.90. The molecule has 0 aliphatic heterocycles. The lowest BCUT2D eigenvalue weighted by Crippen LogP contribution is -2.21. The predicted octanol–water partition coefficient (Wildman–Crippen LogP) is 0.925. The first-order chi connectivity index (χ1) is 9.75. The fraction of sp³-hybridized carbons (Fsp3) is 0.750. The highest BCUT2D eigenvalue weighted by Crippen LogP contribution is 2.24. The van der Waals surface area contributed by atoms with E-state index >= 15 is 0 Å². The van der Waals surface area contributed by atoms with Gasteiger partial charge in [-0.15, -0.1) is 0 Å². The van der Waals surface area contributed by atoms with Gasteiger partial charge in [0.2, 0.25) is 11.9 Å². The molecule has 0 amide bonds. The molecule has 2 atom stereocenters. The summed E-state index contributed by atoms with van der Waals surface area (Å²) in [6.07, 6.45) is 4.20. The minimum atomic E-state index is 0.276. The molecule has 0 bridgehead atoms. The predicted molar refractivity (Wildman–Crippen MR) is 75.5 cm³/mol. The van der Waals surface area contributed by atoms with E-state index in [9.17, 15) is 0 Å². The molecule has 2 rings (SSSR count). The molecule has 0 saturated heterocycles. The van der Waals surface area contributed by atoms with Crippen LogP contribution in [-0.4, -0.2) is 40.8 Å². The van der Waals surface area contributed by atoms with Crippen LogP contribution >= 0.6 is 0 Å². The first kappa shape index (κ1) is 14.7. The van der Waals surface area contributed by atoms with Crippen LogP contribution in [0.3, 0.4) is 0 Å². The third-order valence-corrected chi connectivity index (χ3v) is 3.23. The summed E-state index contributed by atoms with van der Waals surface area (Å²) in [5, 5.41) is 3.28. The van der Waals surface area contributed by atoms with Crippen molar-refractivity contribution >= 4 is 11.9 Å². The van der Waals surface area contributed by atoms with E-state index in [1.54, 1.807) is 7.11 Å². The fourth-order valence-corrected chi connectivity index (χ4v) is 2.21. The molecule has 0 radical (unpaired) electrons. The second-order valence-electron chi connectivity index (χ2n) is 4.77.